The fourth-order valence-electron chi connectivity index (χ4n) is 0.739. The van der Waals surface area contributed by atoms with Crippen LogP contribution >= 0.6 is 0 Å². The number of carbonyl (C=O) groups excluding carboxylic acids is 1. The third-order valence-corrected chi connectivity index (χ3v) is 1.76. The molecule has 0 aromatic heterocycles. The lowest BCUT2D eigenvalue weighted by molar-refractivity contribution is -0.122. The van der Waals surface area contributed by atoms with Gasteiger partial charge in [0, 0.05) is 6.04 Å². The Hall–Kier alpha value is -0.830. The molecule has 0 bridgehead atoms. The number of nitrogens with two attached hydrogens (primary N) is 1. The lowest BCUT2D eigenvalue weighted by atomic mass is 10.2. The Labute approximate surface area is 74.0 Å². The molecule has 2 unspecified atom stereocenters. The Morgan fingerprint density at radius 3 is 2.75 bits per heavy atom. The molecule has 3 nitrogen and oxygen atoms in total. The third-order valence-electron chi connectivity index (χ3n) is 1.76. The number of hydrogen-bond donors (Lipinski definition) is 2. The Morgan fingerprint density at radius 2 is 2.33 bits per heavy atom. The summed E-state index contributed by atoms with van der Waals surface area (Å²) in [6.45, 7) is 7.50. The van der Waals surface area contributed by atoms with E-state index < -0.39 is 6.04 Å². The normalized spacial score (nSPS) is 14.9. The van der Waals surface area contributed by atoms with Crippen molar-refractivity contribution in [3.63, 3.8) is 0 Å². The summed E-state index contributed by atoms with van der Waals surface area (Å²) in [5.74, 6) is -0.0933. The van der Waals surface area contributed by atoms with Gasteiger partial charge in [0.25, 0.3) is 0 Å². The van der Waals surface area contributed by atoms with E-state index in [1.807, 2.05) is 13.8 Å². The number of amides is 1. The summed E-state index contributed by atoms with van der Waals surface area (Å²) < 4.78 is 0. The molecule has 0 aliphatic carbocycles. The van der Waals surface area contributed by atoms with Crippen molar-refractivity contribution in [2.24, 2.45) is 5.73 Å². The highest BCUT2D eigenvalue weighted by atomic mass is 16.2. The van der Waals surface area contributed by atoms with Gasteiger partial charge in [0.05, 0.1) is 6.04 Å². The van der Waals surface area contributed by atoms with E-state index in [9.17, 15) is 4.79 Å². The van der Waals surface area contributed by atoms with E-state index in [0.717, 1.165) is 6.42 Å². The van der Waals surface area contributed by atoms with Crippen LogP contribution in [0.1, 0.15) is 26.7 Å². The summed E-state index contributed by atoms with van der Waals surface area (Å²) >= 11 is 0. The fraction of sp³-hybridized carbons (Fsp3) is 0.667. The fourth-order valence-corrected chi connectivity index (χ4v) is 0.739. The monoisotopic (exact) mass is 170 g/mol. The zero-order valence-corrected chi connectivity index (χ0v) is 7.84. The van der Waals surface area contributed by atoms with Gasteiger partial charge in [-0.05, 0) is 19.8 Å². The summed E-state index contributed by atoms with van der Waals surface area (Å²) in [7, 11) is 0. The Morgan fingerprint density at radius 1 is 1.75 bits per heavy atom. The Bertz CT molecular complexity index is 157. The van der Waals surface area contributed by atoms with Crippen LogP contribution in [0, 0.1) is 0 Å². The number of hydrogen-bond acceptors (Lipinski definition) is 2. The molecule has 12 heavy (non-hydrogen) atoms. The average molecular weight is 170 g/mol. The molecule has 0 aliphatic heterocycles. The van der Waals surface area contributed by atoms with Crippen LogP contribution in [0.3, 0.4) is 0 Å². The van der Waals surface area contributed by atoms with Crippen LogP contribution in [-0.2, 0) is 4.79 Å². The molecule has 3 heteroatoms. The van der Waals surface area contributed by atoms with Crippen LogP contribution in [0.15, 0.2) is 12.7 Å². The zero-order valence-electron chi connectivity index (χ0n) is 7.84. The molecule has 1 amide bonds. The van der Waals surface area contributed by atoms with Gasteiger partial charge >= 0.3 is 0 Å². The molecule has 0 saturated carbocycles. The first-order valence-electron chi connectivity index (χ1n) is 4.28. The quantitative estimate of drug-likeness (QED) is 0.600. The number of nitrogens with one attached hydrogen (secondary N) is 1. The summed E-state index contributed by atoms with van der Waals surface area (Å²) in [5.41, 5.74) is 5.55. The van der Waals surface area contributed by atoms with Gasteiger partial charge in [0.2, 0.25) is 5.91 Å². The van der Waals surface area contributed by atoms with E-state index in [1.165, 1.54) is 0 Å². The first kappa shape index (κ1) is 11.2. The van der Waals surface area contributed by atoms with Crippen molar-refractivity contribution in [3.8, 4) is 0 Å². The number of rotatable bonds is 5. The molecule has 0 aromatic carbocycles. The van der Waals surface area contributed by atoms with E-state index in [2.05, 4.69) is 11.9 Å². The molecule has 3 N–H and O–H groups in total. The van der Waals surface area contributed by atoms with Crippen molar-refractivity contribution in [1.82, 2.24) is 5.32 Å². The molecular weight excluding hydrogens is 152 g/mol. The molecule has 0 aliphatic rings. The van der Waals surface area contributed by atoms with Gasteiger partial charge in [-0.15, -0.1) is 6.58 Å². The Kier molecular flexibility index (Phi) is 5.37. The third kappa shape index (κ3) is 4.13. The molecule has 0 heterocycles. The first-order valence-corrected chi connectivity index (χ1v) is 4.28. The molecular formula is C9H18N2O. The maximum atomic E-state index is 11.2. The predicted octanol–water partition coefficient (Wildman–Crippen LogP) is 0.804. The molecule has 2 atom stereocenters. The highest BCUT2D eigenvalue weighted by Crippen LogP contribution is 1.92. The Balaban J connectivity index is 3.77. The minimum Gasteiger partial charge on any atom is -0.352 e. The summed E-state index contributed by atoms with van der Waals surface area (Å²) in [6, 6.07) is -0.245. The maximum Gasteiger partial charge on any atom is 0.237 e. The molecule has 0 aromatic rings. The minimum atomic E-state index is -0.448. The summed E-state index contributed by atoms with van der Waals surface area (Å²) in [6.07, 6.45) is 3.11. The lowest BCUT2D eigenvalue weighted by Crippen LogP contribution is -2.43. The van der Waals surface area contributed by atoms with Gasteiger partial charge in [-0.2, -0.15) is 0 Å². The molecule has 0 fully saturated rings. The topological polar surface area (TPSA) is 55.1 Å². The van der Waals surface area contributed by atoms with E-state index >= 15 is 0 Å². The van der Waals surface area contributed by atoms with Gasteiger partial charge in [-0.25, -0.2) is 0 Å². The van der Waals surface area contributed by atoms with E-state index in [4.69, 9.17) is 5.73 Å². The van der Waals surface area contributed by atoms with E-state index in [0.29, 0.717) is 6.42 Å². The van der Waals surface area contributed by atoms with Crippen LogP contribution in [-0.4, -0.2) is 18.0 Å². The van der Waals surface area contributed by atoms with Gasteiger partial charge in [-0.3, -0.25) is 4.79 Å². The maximum absolute atomic E-state index is 11.2. The van der Waals surface area contributed by atoms with E-state index in [1.54, 1.807) is 6.08 Å². The largest absolute Gasteiger partial charge is 0.352 e. The van der Waals surface area contributed by atoms with Crippen molar-refractivity contribution in [2.75, 3.05) is 0 Å². The molecule has 0 spiro atoms. The summed E-state index contributed by atoms with van der Waals surface area (Å²) in [5, 5.41) is 2.80. The SMILES string of the molecule is C=CCC(N)C(=O)NC(C)CC. The second kappa shape index (κ2) is 5.77. The standard InChI is InChI=1S/C9H18N2O/c1-4-6-8(10)9(12)11-7(3)5-2/h4,7-8H,1,5-6,10H2,2-3H3,(H,11,12). The van der Waals surface area contributed by atoms with Crippen molar-refractivity contribution >= 4 is 5.91 Å². The van der Waals surface area contributed by atoms with Crippen LogP contribution in [0.4, 0.5) is 0 Å². The van der Waals surface area contributed by atoms with Gasteiger partial charge in [-0.1, -0.05) is 13.0 Å². The highest BCUT2D eigenvalue weighted by molar-refractivity contribution is 5.81. The van der Waals surface area contributed by atoms with Gasteiger partial charge in [0.15, 0.2) is 0 Å². The zero-order chi connectivity index (χ0) is 9.56. The molecule has 70 valence electrons. The van der Waals surface area contributed by atoms with Crippen LogP contribution in [0.5, 0.6) is 0 Å². The van der Waals surface area contributed by atoms with Gasteiger partial charge < -0.3 is 11.1 Å². The van der Waals surface area contributed by atoms with Crippen molar-refractivity contribution in [2.45, 2.75) is 38.8 Å². The van der Waals surface area contributed by atoms with Crippen LogP contribution in [0.25, 0.3) is 0 Å². The van der Waals surface area contributed by atoms with Crippen molar-refractivity contribution in [3.05, 3.63) is 12.7 Å². The van der Waals surface area contributed by atoms with Crippen molar-refractivity contribution in [1.29, 1.82) is 0 Å². The number of carbonyl (C=O) groups is 1. The predicted molar refractivity (Wildman–Crippen MR) is 50.7 cm³/mol. The minimum absolute atomic E-state index is 0.0933. The second-order valence-corrected chi connectivity index (χ2v) is 2.95. The first-order chi connectivity index (χ1) is 5.61. The van der Waals surface area contributed by atoms with E-state index in [-0.39, 0.29) is 11.9 Å². The second-order valence-electron chi connectivity index (χ2n) is 2.95. The van der Waals surface area contributed by atoms with Crippen molar-refractivity contribution < 1.29 is 4.79 Å². The van der Waals surface area contributed by atoms with Gasteiger partial charge in [0.1, 0.15) is 0 Å². The average Bonchev–Trinajstić information content (AvgIpc) is 2.04. The molecule has 0 rings (SSSR count). The van der Waals surface area contributed by atoms with Crippen LogP contribution in [0.2, 0.25) is 0 Å². The lowest BCUT2D eigenvalue weighted by Gasteiger charge is -2.14. The summed E-state index contributed by atoms with van der Waals surface area (Å²) in [4.78, 5) is 11.2. The smallest absolute Gasteiger partial charge is 0.237 e. The molecule has 0 radical (unpaired) electrons. The molecule has 0 saturated heterocycles. The van der Waals surface area contributed by atoms with Crippen LogP contribution < -0.4 is 11.1 Å². The highest BCUT2D eigenvalue weighted by Gasteiger charge is 2.12.